The molecule has 1 unspecified atom stereocenters. The number of nitrogens with one attached hydrogen (secondary N) is 1. The maximum absolute atomic E-state index is 6.66. The van der Waals surface area contributed by atoms with Crippen molar-refractivity contribution in [2.75, 3.05) is 7.05 Å². The molecule has 2 aliphatic heterocycles. The van der Waals surface area contributed by atoms with Gasteiger partial charge in [-0.1, -0.05) is 17.7 Å². The van der Waals surface area contributed by atoms with Crippen LogP contribution in [0.15, 0.2) is 68.8 Å². The molecule has 0 aliphatic carbocycles. The zero-order valence-electron chi connectivity index (χ0n) is 22.0. The molecule has 0 amide bonds. The van der Waals surface area contributed by atoms with Crippen molar-refractivity contribution < 1.29 is 0 Å². The molecule has 0 radical (unpaired) electrons. The number of aromatic nitrogens is 1. The highest BCUT2D eigenvalue weighted by atomic mass is 15.2. The fourth-order valence-corrected chi connectivity index (χ4v) is 4.84. The molecule has 1 aromatic heterocycles. The van der Waals surface area contributed by atoms with Gasteiger partial charge >= 0.3 is 0 Å². The highest BCUT2D eigenvalue weighted by Crippen LogP contribution is 2.35. The molecule has 33 heavy (non-hydrogen) atoms. The van der Waals surface area contributed by atoms with E-state index >= 15 is 0 Å². The summed E-state index contributed by atoms with van der Waals surface area (Å²) in [7, 11) is 2.17. The van der Waals surface area contributed by atoms with Crippen molar-refractivity contribution in [3.05, 3.63) is 91.3 Å². The Balaban J connectivity index is 2.16. The van der Waals surface area contributed by atoms with E-state index in [4.69, 9.17) is 11.5 Å². The largest absolute Gasteiger partial charge is 0.402 e. The van der Waals surface area contributed by atoms with Crippen LogP contribution >= 0.6 is 0 Å². The van der Waals surface area contributed by atoms with Crippen LogP contribution in [0.25, 0.3) is 0 Å². The summed E-state index contributed by atoms with van der Waals surface area (Å²) in [5.41, 5.74) is 29.0. The van der Waals surface area contributed by atoms with Gasteiger partial charge in [-0.25, -0.2) is 0 Å². The summed E-state index contributed by atoms with van der Waals surface area (Å²) in [6.45, 7) is 17.4. The standard InChI is InChI=1S/C29H42N4/c1-16-10-12-26-20(5)21(6)27(32-26)14-24(30)18(3)17(2)11-13-28-22(7)23(8)29(33(28)9)15-25(31)19(16)4/h10-11,13,29,32H,12,14-15,30-31H2,1-9H3/b16-10+,17-11+,24-18-,25-19-,28-13-. The van der Waals surface area contributed by atoms with Gasteiger partial charge in [-0.15, -0.1) is 0 Å². The summed E-state index contributed by atoms with van der Waals surface area (Å²) < 4.78 is 0. The third-order valence-corrected chi connectivity index (χ3v) is 8.12. The summed E-state index contributed by atoms with van der Waals surface area (Å²) >= 11 is 0. The molecular weight excluding hydrogens is 404 g/mol. The minimum atomic E-state index is 0.282. The molecule has 178 valence electrons. The fraction of sp³-hybridized carbons (Fsp3) is 0.448. The predicted octanol–water partition coefficient (Wildman–Crippen LogP) is 6.01. The molecule has 1 aromatic rings. The number of H-pyrrole nitrogens is 1. The van der Waals surface area contributed by atoms with Crippen LogP contribution in [0.3, 0.4) is 0 Å². The van der Waals surface area contributed by atoms with E-state index in [2.05, 4.69) is 90.5 Å². The van der Waals surface area contributed by atoms with Crippen LogP contribution in [0.2, 0.25) is 0 Å². The second-order valence-electron chi connectivity index (χ2n) is 9.94. The van der Waals surface area contributed by atoms with E-state index in [1.807, 2.05) is 0 Å². The minimum Gasteiger partial charge on any atom is -0.402 e. The van der Waals surface area contributed by atoms with Gasteiger partial charge < -0.3 is 21.4 Å². The predicted molar refractivity (Wildman–Crippen MR) is 142 cm³/mol. The lowest BCUT2D eigenvalue weighted by atomic mass is 9.97. The lowest BCUT2D eigenvalue weighted by Gasteiger charge is -2.26. The molecule has 4 bridgehead atoms. The Morgan fingerprint density at radius 3 is 2.06 bits per heavy atom. The Morgan fingerprint density at radius 1 is 0.788 bits per heavy atom. The van der Waals surface area contributed by atoms with Crippen LogP contribution in [-0.4, -0.2) is 23.0 Å². The molecule has 0 fully saturated rings. The molecule has 2 aliphatic rings. The fourth-order valence-electron chi connectivity index (χ4n) is 4.84. The summed E-state index contributed by atoms with van der Waals surface area (Å²) in [4.78, 5) is 6.02. The maximum atomic E-state index is 6.66. The molecular formula is C29H42N4. The number of nitrogens with zero attached hydrogens (tertiary/aromatic N) is 1. The molecule has 0 saturated carbocycles. The van der Waals surface area contributed by atoms with Crippen LogP contribution in [-0.2, 0) is 12.8 Å². The number of fused-ring (bicyclic) bond motifs is 4. The van der Waals surface area contributed by atoms with Crippen LogP contribution in [0.5, 0.6) is 0 Å². The van der Waals surface area contributed by atoms with Gasteiger partial charge in [-0.05, 0) is 100 Å². The van der Waals surface area contributed by atoms with E-state index in [-0.39, 0.29) is 6.04 Å². The second-order valence-corrected chi connectivity index (χ2v) is 9.94. The lowest BCUT2D eigenvalue weighted by molar-refractivity contribution is 0.366. The summed E-state index contributed by atoms with van der Waals surface area (Å²) in [5, 5.41) is 0. The maximum Gasteiger partial charge on any atom is 0.0557 e. The zero-order valence-corrected chi connectivity index (χ0v) is 22.0. The van der Waals surface area contributed by atoms with Crippen LogP contribution < -0.4 is 11.5 Å². The number of rotatable bonds is 0. The van der Waals surface area contributed by atoms with Gasteiger partial charge in [0.25, 0.3) is 0 Å². The van der Waals surface area contributed by atoms with E-state index in [1.54, 1.807) is 0 Å². The van der Waals surface area contributed by atoms with Crippen molar-refractivity contribution in [2.45, 2.75) is 80.7 Å². The SMILES string of the molecule is CC1=C(C)C2C/C(N)=C(C)/C(C)=C/Cc3[nH]c(c(C)c3C)C/C(N)=C(C)/C(C)=C/C=C/1N2C. The van der Waals surface area contributed by atoms with Gasteiger partial charge in [0.1, 0.15) is 0 Å². The summed E-state index contributed by atoms with van der Waals surface area (Å²) in [5.74, 6) is 0. The summed E-state index contributed by atoms with van der Waals surface area (Å²) in [6, 6.07) is 0.282. The molecule has 3 heterocycles. The number of nitrogens with two attached hydrogens (primary N) is 2. The van der Waals surface area contributed by atoms with Crippen molar-refractivity contribution >= 4 is 0 Å². The van der Waals surface area contributed by atoms with E-state index in [0.29, 0.717) is 0 Å². The molecule has 4 nitrogen and oxygen atoms in total. The van der Waals surface area contributed by atoms with Gasteiger partial charge in [0, 0.05) is 54.8 Å². The Hall–Kier alpha value is -2.88. The highest BCUT2D eigenvalue weighted by molar-refractivity contribution is 5.47. The molecule has 5 N–H and O–H groups in total. The van der Waals surface area contributed by atoms with Crippen molar-refractivity contribution in [1.82, 2.24) is 9.88 Å². The molecule has 4 heteroatoms. The average Bonchev–Trinajstić information content (AvgIpc) is 3.16. The normalized spacial score (nSPS) is 30.3. The van der Waals surface area contributed by atoms with Crippen LogP contribution in [0.4, 0.5) is 0 Å². The first kappa shape index (κ1) is 24.8. The Bertz CT molecular complexity index is 1140. The van der Waals surface area contributed by atoms with Crippen molar-refractivity contribution in [3.8, 4) is 0 Å². The third kappa shape index (κ3) is 4.75. The van der Waals surface area contributed by atoms with Gasteiger partial charge in [-0.2, -0.15) is 0 Å². The lowest BCUT2D eigenvalue weighted by Crippen LogP contribution is -2.28. The Kier molecular flexibility index (Phi) is 7.16. The quantitative estimate of drug-likeness (QED) is 0.457. The van der Waals surface area contributed by atoms with Crippen molar-refractivity contribution in [3.63, 3.8) is 0 Å². The van der Waals surface area contributed by atoms with E-state index in [9.17, 15) is 0 Å². The molecule has 1 atom stereocenters. The van der Waals surface area contributed by atoms with Crippen molar-refractivity contribution in [1.29, 1.82) is 0 Å². The van der Waals surface area contributed by atoms with Gasteiger partial charge in [0.15, 0.2) is 0 Å². The van der Waals surface area contributed by atoms with Gasteiger partial charge in [0.05, 0.1) is 6.04 Å². The number of hydrogen-bond donors (Lipinski definition) is 3. The molecule has 3 rings (SSSR count). The monoisotopic (exact) mass is 446 g/mol. The van der Waals surface area contributed by atoms with E-state index < -0.39 is 0 Å². The number of hydrogen-bond acceptors (Lipinski definition) is 3. The highest BCUT2D eigenvalue weighted by Gasteiger charge is 2.29. The zero-order chi connectivity index (χ0) is 24.6. The average molecular weight is 447 g/mol. The number of allylic oxidation sites excluding steroid dienone is 9. The first-order valence-electron chi connectivity index (χ1n) is 12.0. The molecule has 0 spiro atoms. The van der Waals surface area contributed by atoms with Gasteiger partial charge in [-0.3, -0.25) is 0 Å². The number of aromatic amines is 1. The van der Waals surface area contributed by atoms with Crippen molar-refractivity contribution in [2.24, 2.45) is 11.5 Å². The Morgan fingerprint density at radius 2 is 1.39 bits per heavy atom. The topological polar surface area (TPSA) is 71.1 Å². The minimum absolute atomic E-state index is 0.282. The second kappa shape index (κ2) is 9.54. The van der Waals surface area contributed by atoms with Crippen LogP contribution in [0, 0.1) is 13.8 Å². The Labute approximate surface area is 200 Å². The van der Waals surface area contributed by atoms with E-state index in [1.165, 1.54) is 56.1 Å². The smallest absolute Gasteiger partial charge is 0.0557 e. The third-order valence-electron chi connectivity index (χ3n) is 8.12. The van der Waals surface area contributed by atoms with Crippen LogP contribution in [0.1, 0.15) is 70.5 Å². The molecule has 0 aromatic carbocycles. The van der Waals surface area contributed by atoms with E-state index in [0.717, 1.165) is 36.2 Å². The number of likely N-dealkylation sites (N-methyl/N-ethyl adjacent to an activating group) is 1. The first-order valence-corrected chi connectivity index (χ1v) is 12.0. The van der Waals surface area contributed by atoms with Gasteiger partial charge in [0.2, 0.25) is 0 Å². The first-order chi connectivity index (χ1) is 15.4. The summed E-state index contributed by atoms with van der Waals surface area (Å²) in [6.07, 6.45) is 9.14. The molecule has 0 saturated heterocycles.